The van der Waals surface area contributed by atoms with Gasteiger partial charge in [0.15, 0.2) is 0 Å². The fraction of sp³-hybridized carbons (Fsp3) is 0.462. The van der Waals surface area contributed by atoms with Crippen LogP contribution >= 0.6 is 28.3 Å². The molecule has 1 atom stereocenters. The van der Waals surface area contributed by atoms with Crippen molar-refractivity contribution in [3.05, 3.63) is 28.2 Å². The minimum atomic E-state index is -3.65. The summed E-state index contributed by atoms with van der Waals surface area (Å²) in [6.45, 7) is 2.61. The van der Waals surface area contributed by atoms with Gasteiger partial charge in [-0.2, -0.15) is 4.31 Å². The summed E-state index contributed by atoms with van der Waals surface area (Å²) in [5.41, 5.74) is 5.96. The zero-order valence-electron chi connectivity index (χ0n) is 12.0. The lowest BCUT2D eigenvalue weighted by Gasteiger charge is -2.16. The number of sulfonamides is 1. The van der Waals surface area contributed by atoms with Crippen LogP contribution in [-0.4, -0.2) is 44.4 Å². The quantitative estimate of drug-likeness (QED) is 0.760. The topological polar surface area (TPSA) is 89.7 Å². The third kappa shape index (κ3) is 4.20. The molecule has 1 aromatic carbocycles. The molecule has 1 aliphatic rings. The Labute approximate surface area is 144 Å². The molecule has 0 spiro atoms. The Hall–Kier alpha value is -0.670. The van der Waals surface area contributed by atoms with Gasteiger partial charge in [0, 0.05) is 23.6 Å². The number of ether oxygens (including phenoxy) is 1. The Bertz CT molecular complexity index is 653. The first-order valence-electron chi connectivity index (χ1n) is 6.58. The maximum absolute atomic E-state index is 12.6. The average Bonchev–Trinajstić information content (AvgIpc) is 2.85. The second-order valence-electron chi connectivity index (χ2n) is 4.81. The van der Waals surface area contributed by atoms with Crippen molar-refractivity contribution in [1.82, 2.24) is 4.31 Å². The zero-order chi connectivity index (χ0) is 15.6. The molecule has 0 bridgehead atoms. The summed E-state index contributed by atoms with van der Waals surface area (Å²) < 4.78 is 31.9. The van der Waals surface area contributed by atoms with E-state index in [0.29, 0.717) is 24.0 Å². The number of carbonyl (C=O) groups is 1. The standard InChI is InChI=1S/C13H17BrN2O4S.ClH/c1-2-20-13(17)9-5-10(14)7-12(6-9)21(18,19)16-4-3-11(15)8-16;/h5-7,11H,2-4,8,15H2,1H3;1H/t11-;/m1./s1. The Morgan fingerprint density at radius 1 is 1.45 bits per heavy atom. The molecular formula is C13H18BrClN2O4S. The fourth-order valence-electron chi connectivity index (χ4n) is 2.17. The van der Waals surface area contributed by atoms with E-state index in [-0.39, 0.29) is 35.5 Å². The van der Waals surface area contributed by atoms with Crippen LogP contribution in [0.25, 0.3) is 0 Å². The van der Waals surface area contributed by atoms with Gasteiger partial charge in [0.2, 0.25) is 10.0 Å². The molecule has 2 N–H and O–H groups in total. The maximum Gasteiger partial charge on any atom is 0.338 e. The molecule has 2 rings (SSSR count). The molecule has 0 radical (unpaired) electrons. The summed E-state index contributed by atoms with van der Waals surface area (Å²) in [6, 6.07) is 4.20. The van der Waals surface area contributed by atoms with Crippen LogP contribution in [0.4, 0.5) is 0 Å². The van der Waals surface area contributed by atoms with E-state index in [1.54, 1.807) is 6.92 Å². The van der Waals surface area contributed by atoms with E-state index in [1.165, 1.54) is 22.5 Å². The maximum atomic E-state index is 12.6. The van der Waals surface area contributed by atoms with Gasteiger partial charge in [0.05, 0.1) is 17.1 Å². The van der Waals surface area contributed by atoms with Crippen LogP contribution < -0.4 is 5.73 Å². The molecular weight excluding hydrogens is 396 g/mol. The number of carbonyl (C=O) groups excluding carboxylic acids is 1. The minimum absolute atomic E-state index is 0. The number of nitrogens with two attached hydrogens (primary N) is 1. The van der Waals surface area contributed by atoms with Gasteiger partial charge in [0.25, 0.3) is 0 Å². The lowest BCUT2D eigenvalue weighted by molar-refractivity contribution is 0.0526. The number of hydrogen-bond acceptors (Lipinski definition) is 5. The van der Waals surface area contributed by atoms with Crippen LogP contribution in [0.1, 0.15) is 23.7 Å². The van der Waals surface area contributed by atoms with Crippen molar-refractivity contribution in [3.63, 3.8) is 0 Å². The summed E-state index contributed by atoms with van der Waals surface area (Å²) >= 11 is 3.23. The Balaban J connectivity index is 0.00000242. The van der Waals surface area contributed by atoms with Crippen LogP contribution in [0.5, 0.6) is 0 Å². The van der Waals surface area contributed by atoms with E-state index in [0.717, 1.165) is 0 Å². The largest absolute Gasteiger partial charge is 0.462 e. The monoisotopic (exact) mass is 412 g/mol. The number of halogens is 2. The van der Waals surface area contributed by atoms with Crippen LogP contribution in [0.2, 0.25) is 0 Å². The van der Waals surface area contributed by atoms with E-state index in [1.807, 2.05) is 0 Å². The van der Waals surface area contributed by atoms with E-state index in [4.69, 9.17) is 10.5 Å². The molecule has 1 heterocycles. The van der Waals surface area contributed by atoms with Crippen molar-refractivity contribution in [1.29, 1.82) is 0 Å². The number of rotatable bonds is 4. The summed E-state index contributed by atoms with van der Waals surface area (Å²) in [5.74, 6) is -0.548. The highest BCUT2D eigenvalue weighted by atomic mass is 79.9. The number of nitrogens with zero attached hydrogens (tertiary/aromatic N) is 1. The highest BCUT2D eigenvalue weighted by Gasteiger charge is 2.31. The van der Waals surface area contributed by atoms with Crippen LogP contribution in [0, 0.1) is 0 Å². The van der Waals surface area contributed by atoms with Crippen molar-refractivity contribution < 1.29 is 17.9 Å². The van der Waals surface area contributed by atoms with Crippen LogP contribution in [0.3, 0.4) is 0 Å². The fourth-order valence-corrected chi connectivity index (χ4v) is 4.39. The van der Waals surface area contributed by atoms with E-state index < -0.39 is 16.0 Å². The third-order valence-electron chi connectivity index (χ3n) is 3.21. The first kappa shape index (κ1) is 19.4. The lowest BCUT2D eigenvalue weighted by atomic mass is 10.2. The molecule has 0 saturated carbocycles. The first-order chi connectivity index (χ1) is 9.84. The molecule has 1 aliphatic heterocycles. The predicted molar refractivity (Wildman–Crippen MR) is 88.7 cm³/mol. The molecule has 0 aliphatic carbocycles. The van der Waals surface area contributed by atoms with Gasteiger partial charge >= 0.3 is 5.97 Å². The Morgan fingerprint density at radius 2 is 2.14 bits per heavy atom. The molecule has 0 aromatic heterocycles. The zero-order valence-corrected chi connectivity index (χ0v) is 15.2. The van der Waals surface area contributed by atoms with Crippen molar-refractivity contribution in [3.8, 4) is 0 Å². The predicted octanol–water partition coefficient (Wildman–Crippen LogP) is 1.77. The van der Waals surface area contributed by atoms with Crippen LogP contribution in [-0.2, 0) is 14.8 Å². The molecule has 22 heavy (non-hydrogen) atoms. The summed E-state index contributed by atoms with van der Waals surface area (Å²) in [4.78, 5) is 11.8. The first-order valence-corrected chi connectivity index (χ1v) is 8.81. The molecule has 0 amide bonds. The molecule has 0 unspecified atom stereocenters. The number of esters is 1. The highest BCUT2D eigenvalue weighted by Crippen LogP contribution is 2.25. The summed E-state index contributed by atoms with van der Waals surface area (Å²) in [7, 11) is -3.65. The number of benzene rings is 1. The van der Waals surface area contributed by atoms with Gasteiger partial charge in [-0.15, -0.1) is 12.4 Å². The van der Waals surface area contributed by atoms with Crippen molar-refractivity contribution in [2.75, 3.05) is 19.7 Å². The van der Waals surface area contributed by atoms with Crippen molar-refractivity contribution in [2.24, 2.45) is 5.73 Å². The SMILES string of the molecule is CCOC(=O)c1cc(Br)cc(S(=O)(=O)N2CC[C@@H](N)C2)c1.Cl. The second-order valence-corrected chi connectivity index (χ2v) is 7.66. The molecule has 1 saturated heterocycles. The van der Waals surface area contributed by atoms with Crippen molar-refractivity contribution >= 4 is 44.3 Å². The third-order valence-corrected chi connectivity index (χ3v) is 5.51. The van der Waals surface area contributed by atoms with E-state index in [2.05, 4.69) is 15.9 Å². The van der Waals surface area contributed by atoms with Gasteiger partial charge < -0.3 is 10.5 Å². The molecule has 1 fully saturated rings. The minimum Gasteiger partial charge on any atom is -0.462 e. The molecule has 124 valence electrons. The van der Waals surface area contributed by atoms with Crippen molar-refractivity contribution in [2.45, 2.75) is 24.3 Å². The van der Waals surface area contributed by atoms with Crippen LogP contribution in [0.15, 0.2) is 27.6 Å². The lowest BCUT2D eigenvalue weighted by Crippen LogP contribution is -2.32. The van der Waals surface area contributed by atoms with E-state index >= 15 is 0 Å². The van der Waals surface area contributed by atoms with Gasteiger partial charge in [-0.1, -0.05) is 15.9 Å². The smallest absolute Gasteiger partial charge is 0.338 e. The van der Waals surface area contributed by atoms with Gasteiger partial charge in [-0.25, -0.2) is 13.2 Å². The number of hydrogen-bond donors (Lipinski definition) is 1. The Kier molecular flexibility index (Phi) is 6.82. The highest BCUT2D eigenvalue weighted by molar-refractivity contribution is 9.10. The van der Waals surface area contributed by atoms with E-state index in [9.17, 15) is 13.2 Å². The normalized spacial score (nSPS) is 18.8. The molecule has 1 aromatic rings. The molecule has 6 nitrogen and oxygen atoms in total. The van der Waals surface area contributed by atoms with Gasteiger partial charge in [-0.3, -0.25) is 0 Å². The van der Waals surface area contributed by atoms with Gasteiger partial charge in [0.1, 0.15) is 0 Å². The molecule has 9 heteroatoms. The Morgan fingerprint density at radius 3 is 2.68 bits per heavy atom. The van der Waals surface area contributed by atoms with Gasteiger partial charge in [-0.05, 0) is 31.5 Å². The second kappa shape index (κ2) is 7.74. The summed E-state index contributed by atoms with van der Waals surface area (Å²) in [5, 5.41) is 0. The average molecular weight is 414 g/mol. The summed E-state index contributed by atoms with van der Waals surface area (Å²) in [6.07, 6.45) is 0.637.